The first-order chi connectivity index (χ1) is 53.0. The van der Waals surface area contributed by atoms with Crippen molar-refractivity contribution in [2.75, 3.05) is 5.33 Å². The summed E-state index contributed by atoms with van der Waals surface area (Å²) in [7, 11) is 0. The van der Waals surface area contributed by atoms with Crippen molar-refractivity contribution in [3.05, 3.63) is 235 Å². The maximum Gasteiger partial charge on any atom is 0.416 e. The van der Waals surface area contributed by atoms with E-state index in [1.54, 1.807) is 73.8 Å². The minimum atomic E-state index is -4.38. The monoisotopic (exact) mass is 1820 g/mol. The lowest BCUT2D eigenvalue weighted by Crippen LogP contribution is -2.37. The lowest BCUT2D eigenvalue weighted by molar-refractivity contribution is -0.304. The van der Waals surface area contributed by atoms with Gasteiger partial charge in [0, 0.05) is 47.2 Å². The molecule has 0 amide bonds. The lowest BCUT2D eigenvalue weighted by Gasteiger charge is -2.21. The summed E-state index contributed by atoms with van der Waals surface area (Å²) in [6.07, 6.45) is -17.4. The number of aliphatic hydroxyl groups is 1. The molecule has 4 heterocycles. The van der Waals surface area contributed by atoms with Crippen molar-refractivity contribution in [2.24, 2.45) is 0 Å². The summed E-state index contributed by atoms with van der Waals surface area (Å²) in [5, 5.41) is 57.4. The molecule has 38 heteroatoms. The fraction of sp³-hybridized carbons (Fsp3) is 0.260. The molecule has 616 valence electrons. The van der Waals surface area contributed by atoms with E-state index in [2.05, 4.69) is 70.9 Å². The summed E-state index contributed by atoms with van der Waals surface area (Å²) in [4.78, 5) is 36.1. The fourth-order valence-corrected chi connectivity index (χ4v) is 14.1. The average molecular weight is 1820 g/mol. The van der Waals surface area contributed by atoms with Gasteiger partial charge in [-0.2, -0.15) is 70.2 Å². The van der Waals surface area contributed by atoms with Crippen molar-refractivity contribution in [3.63, 3.8) is 0 Å². The molecule has 115 heavy (non-hydrogen) atoms. The van der Waals surface area contributed by atoms with Gasteiger partial charge in [0.15, 0.2) is 28.9 Å². The Kier molecular flexibility index (Phi) is 36.9. The van der Waals surface area contributed by atoms with Crippen molar-refractivity contribution >= 4 is 116 Å². The number of benzene rings is 8. The van der Waals surface area contributed by atoms with Crippen LogP contribution in [0.1, 0.15) is 102 Å². The number of aryl methyl sites for hydroxylation is 3. The predicted octanol–water partition coefficient (Wildman–Crippen LogP) is 24.4. The summed E-state index contributed by atoms with van der Waals surface area (Å²) in [6, 6.07) is 41.9. The molecule has 0 saturated carbocycles. The smallest absolute Gasteiger partial charge is 0.416 e. The van der Waals surface area contributed by atoms with Crippen LogP contribution in [0.3, 0.4) is 0 Å². The van der Waals surface area contributed by atoms with Crippen LogP contribution in [0.2, 0.25) is 0 Å². The third kappa shape index (κ3) is 31.2. The number of thioether (sulfide) groups is 3. The van der Waals surface area contributed by atoms with Crippen LogP contribution in [0, 0.1) is 20.8 Å². The molecule has 8 aromatic carbocycles. The van der Waals surface area contributed by atoms with E-state index in [1.165, 1.54) is 109 Å². The van der Waals surface area contributed by atoms with Gasteiger partial charge in [0.05, 0.1) is 46.1 Å². The first-order valence-electron chi connectivity index (χ1n) is 32.5. The van der Waals surface area contributed by atoms with E-state index in [-0.39, 0.29) is 33.0 Å². The number of halogens is 13. The zero-order valence-corrected chi connectivity index (χ0v) is 68.2. The summed E-state index contributed by atoms with van der Waals surface area (Å²) < 4.78 is 173. The van der Waals surface area contributed by atoms with E-state index < -0.39 is 64.1 Å². The number of aromatic hydroxyl groups is 3. The number of aliphatic hydroxyl groups excluding tert-OH is 1. The molecule has 0 aliphatic carbocycles. The van der Waals surface area contributed by atoms with Crippen LogP contribution in [0.5, 0.6) is 23.0 Å². The van der Waals surface area contributed by atoms with E-state index in [0.717, 1.165) is 111 Å². The topological polar surface area (TPSA) is 260 Å². The lowest BCUT2D eigenvalue weighted by atomic mass is 10.1. The summed E-state index contributed by atoms with van der Waals surface area (Å²) in [5.74, 6) is 3.55. The van der Waals surface area contributed by atoms with Crippen LogP contribution >= 0.6 is 110 Å². The molecular formula is C77H75BrF12N8O9S8. The van der Waals surface area contributed by atoms with Crippen LogP contribution in [0.25, 0.3) is 45.6 Å². The van der Waals surface area contributed by atoms with Crippen LogP contribution < -0.4 is 4.74 Å². The van der Waals surface area contributed by atoms with Gasteiger partial charge in [-0.1, -0.05) is 79.3 Å². The van der Waals surface area contributed by atoms with Crippen molar-refractivity contribution in [1.82, 2.24) is 37.4 Å². The normalized spacial score (nSPS) is 11.4. The van der Waals surface area contributed by atoms with Gasteiger partial charge in [-0.25, -0.2) is 29.6 Å². The third-order valence-corrected chi connectivity index (χ3v) is 22.8. The first kappa shape index (κ1) is 97.2. The minimum absolute atomic E-state index is 0. The van der Waals surface area contributed by atoms with E-state index in [1.807, 2.05) is 63.2 Å². The quantitative estimate of drug-likeness (QED) is 0.00991. The predicted molar refractivity (Wildman–Crippen MR) is 436 cm³/mol. The van der Waals surface area contributed by atoms with Crippen LogP contribution in [-0.2, 0) is 58.3 Å². The number of hydrogen-bond donors (Lipinski definition) is 7. The Morgan fingerprint density at radius 2 is 0.713 bits per heavy atom. The number of thiol groups is 1. The Morgan fingerprint density at radius 3 is 0.957 bits per heavy atom. The molecule has 0 atom stereocenters. The fourth-order valence-electron chi connectivity index (χ4n) is 8.44. The highest BCUT2D eigenvalue weighted by Gasteiger charge is 2.34. The van der Waals surface area contributed by atoms with E-state index in [4.69, 9.17) is 25.3 Å². The Bertz CT molecular complexity index is 4870. The van der Waals surface area contributed by atoms with Crippen molar-refractivity contribution in [3.8, 4) is 68.5 Å². The van der Waals surface area contributed by atoms with Gasteiger partial charge in [-0.3, -0.25) is 5.26 Å². The second-order valence-corrected chi connectivity index (χ2v) is 32.2. The molecule has 0 fully saturated rings. The van der Waals surface area contributed by atoms with Gasteiger partial charge in [0.25, 0.3) is 0 Å². The number of hydrogen-bond acceptors (Lipinski definition) is 24. The maximum absolute atomic E-state index is 12.7. The minimum Gasteiger partial charge on any atom is -0.508 e. The number of phenols is 3. The number of nitrogens with zero attached hydrogens (tertiary/aromatic N) is 8. The van der Waals surface area contributed by atoms with Gasteiger partial charge in [0.2, 0.25) is 0 Å². The zero-order chi connectivity index (χ0) is 83.2. The van der Waals surface area contributed by atoms with Gasteiger partial charge >= 0.3 is 30.7 Å². The number of phenolic OH excluding ortho intramolecular Hbond substituents is 3. The zero-order valence-electron chi connectivity index (χ0n) is 60.0. The number of alkyl halides is 13. The van der Waals surface area contributed by atoms with Crippen LogP contribution in [0.15, 0.2) is 196 Å². The highest BCUT2D eigenvalue weighted by atomic mass is 79.9. The number of aliphatic carboxylic acids is 1. The molecular weight excluding hydrogens is 1750 g/mol. The Labute approximate surface area is 697 Å². The molecule has 0 aliphatic heterocycles. The number of carbonyl (C=O) groups is 1. The second kappa shape index (κ2) is 43.7. The standard InChI is InChI=1S/C20H17F3N2O3S2.2C17H13F3N2OS2.C10H7F3N2OS.C7H8OS.C4H9BrO2.2CH4/c1-19(2,18(26)27)28-14-7-9-15(10-8-14)29-11-16-24-17(25-30-16)12-3-5-13(6-4-12)20(21,22)23;2*1-10-8-13(6-7-14(10)23)24-9-15-21-16(22-25-15)11-2-4-12(5-3-11)17(18,19)20;11-10(12,13)7-3-1-6(2-4-7)9-14-8(5-16)17-15-9;1-5-4-6(9)2-3-7(5)8;1-4(2,3-5)7-6;;/h3-10H,11H2,1-2H3,(H,26,27);2*2-8,23H,9H2,1H3;1-4,16H,5H2;2-4,8-9H,1H3;6H,3H2,1-2H3;2*1H4. The number of carboxylic acids is 1. The maximum atomic E-state index is 12.7. The van der Waals surface area contributed by atoms with Crippen molar-refractivity contribution < 1.29 is 97.9 Å². The number of rotatable bonds is 19. The van der Waals surface area contributed by atoms with Gasteiger partial charge in [-0.05, 0) is 239 Å². The average Bonchev–Trinajstić information content (AvgIpc) is 1.79. The molecule has 12 rings (SSSR count). The van der Waals surface area contributed by atoms with Gasteiger partial charge in [0.1, 0.15) is 48.6 Å². The highest BCUT2D eigenvalue weighted by molar-refractivity contribution is 9.09. The summed E-state index contributed by atoms with van der Waals surface area (Å²) >= 11 is 16.5. The molecule has 0 saturated heterocycles. The van der Waals surface area contributed by atoms with E-state index in [9.17, 15) is 67.7 Å². The number of carboxylic acid groups (broad SMARTS) is 1. The molecule has 0 radical (unpaired) electrons. The molecule has 17 nitrogen and oxygen atoms in total. The highest BCUT2D eigenvalue weighted by Crippen LogP contribution is 2.38. The molecule has 0 spiro atoms. The summed E-state index contributed by atoms with van der Waals surface area (Å²) in [5.41, 5.74) is 0.0256. The Morgan fingerprint density at radius 1 is 0.435 bits per heavy atom. The summed E-state index contributed by atoms with van der Waals surface area (Å²) in [6.45, 7) is 11.8. The van der Waals surface area contributed by atoms with Crippen LogP contribution in [0.4, 0.5) is 52.7 Å². The van der Waals surface area contributed by atoms with Crippen molar-refractivity contribution in [1.29, 1.82) is 0 Å². The van der Waals surface area contributed by atoms with Crippen molar-refractivity contribution in [2.45, 2.75) is 143 Å². The molecule has 12 aromatic rings. The second-order valence-electron chi connectivity index (χ2n) is 24.6. The van der Waals surface area contributed by atoms with Crippen LogP contribution in [-0.4, -0.2) is 90.7 Å². The Balaban J connectivity index is 0.000000258. The molecule has 0 unspecified atom stereocenters. The molecule has 0 aliphatic rings. The number of aromatic nitrogens is 8. The van der Waals surface area contributed by atoms with Gasteiger partial charge in [-0.15, -0.1) is 47.9 Å². The number of ether oxygens (including phenoxy) is 1. The molecule has 0 bridgehead atoms. The third-order valence-electron chi connectivity index (χ3n) is 14.8. The molecule has 4 aromatic heterocycles. The molecule has 6 N–H and O–H groups in total. The SMILES string of the molecule is C.C.CC(C)(CBr)OO.CC(C)(Oc1ccc(SCc2nc(-c3ccc(C(F)(F)F)cc3)ns2)cc1)C(=O)O.Cc1cc(S)ccc1O.Cc1cc(SCc2nc(-c3ccc(C(F)(F)F)cc3)ns2)ccc1O.Cc1cc(SCc2nc(-c3ccc(C(F)(F)F)cc3)ns2)ccc1O.OCc1nc(-c2ccc(C(F)(F)F)cc2)ns1. The van der Waals surface area contributed by atoms with E-state index >= 15 is 0 Å². The Hall–Kier alpha value is -8.41. The van der Waals surface area contributed by atoms with E-state index in [0.29, 0.717) is 84.6 Å². The first-order valence-corrected chi connectivity index (χ1v) is 40.1. The van der Waals surface area contributed by atoms with Gasteiger partial charge < -0.3 is 30.3 Å². The largest absolute Gasteiger partial charge is 0.508 e.